The summed E-state index contributed by atoms with van der Waals surface area (Å²) >= 11 is 2.98. The molecule has 1 unspecified atom stereocenters. The second kappa shape index (κ2) is 7.27. The van der Waals surface area contributed by atoms with Crippen molar-refractivity contribution < 1.29 is 8.42 Å². The third kappa shape index (κ3) is 3.74. The van der Waals surface area contributed by atoms with Gasteiger partial charge in [-0.15, -0.1) is 21.5 Å². The molecule has 8 nitrogen and oxygen atoms in total. The number of aromatic nitrogens is 5. The van der Waals surface area contributed by atoms with Crippen molar-refractivity contribution in [2.45, 2.75) is 37.6 Å². The van der Waals surface area contributed by atoms with Crippen molar-refractivity contribution in [1.29, 1.82) is 0 Å². The van der Waals surface area contributed by atoms with E-state index in [1.165, 1.54) is 23.1 Å². The molecule has 0 saturated carbocycles. The highest BCUT2D eigenvalue weighted by Gasteiger charge is 2.29. The molecular weight excluding hydrogens is 418 g/mol. The number of fused-ring (bicyclic) bond motifs is 1. The highest BCUT2D eigenvalue weighted by atomic mass is 32.2. The van der Waals surface area contributed by atoms with Gasteiger partial charge in [0.25, 0.3) is 5.56 Å². The van der Waals surface area contributed by atoms with E-state index in [0.717, 1.165) is 26.3 Å². The largest absolute Gasteiger partial charge is 0.309 e. The van der Waals surface area contributed by atoms with E-state index in [4.69, 9.17) is 0 Å². The summed E-state index contributed by atoms with van der Waals surface area (Å²) in [6.45, 7) is 3.93. The molecule has 0 bridgehead atoms. The predicted molar refractivity (Wildman–Crippen MR) is 111 cm³/mol. The Bertz CT molecular complexity index is 1210. The van der Waals surface area contributed by atoms with Gasteiger partial charge in [-0.1, -0.05) is 11.8 Å². The number of aromatic amines is 1. The van der Waals surface area contributed by atoms with Crippen molar-refractivity contribution in [3.63, 3.8) is 0 Å². The quantitative estimate of drug-likeness (QED) is 0.605. The monoisotopic (exact) mass is 439 g/mol. The van der Waals surface area contributed by atoms with Gasteiger partial charge in [0.1, 0.15) is 16.5 Å². The zero-order valence-electron chi connectivity index (χ0n) is 15.9. The number of aryl methyl sites for hydroxylation is 2. The summed E-state index contributed by atoms with van der Waals surface area (Å²) in [5.74, 6) is 2.47. The molecule has 0 aromatic carbocycles. The summed E-state index contributed by atoms with van der Waals surface area (Å²) in [7, 11) is -1.01. The number of sulfone groups is 1. The van der Waals surface area contributed by atoms with Gasteiger partial charge >= 0.3 is 0 Å². The van der Waals surface area contributed by atoms with Crippen LogP contribution >= 0.6 is 23.1 Å². The molecule has 28 heavy (non-hydrogen) atoms. The van der Waals surface area contributed by atoms with Crippen molar-refractivity contribution in [2.24, 2.45) is 13.0 Å². The Labute approximate surface area is 170 Å². The first-order valence-electron chi connectivity index (χ1n) is 8.94. The molecule has 1 aliphatic rings. The third-order valence-electron chi connectivity index (χ3n) is 5.15. The number of hydrogen-bond acceptors (Lipinski definition) is 8. The van der Waals surface area contributed by atoms with E-state index in [9.17, 15) is 13.2 Å². The average Bonchev–Trinajstić information content (AvgIpc) is 3.24. The summed E-state index contributed by atoms with van der Waals surface area (Å²) in [6.07, 6.45) is 1.29. The van der Waals surface area contributed by atoms with Gasteiger partial charge < -0.3 is 9.55 Å². The van der Waals surface area contributed by atoms with E-state index in [-0.39, 0.29) is 23.0 Å². The molecule has 1 aliphatic heterocycles. The molecule has 0 aliphatic carbocycles. The number of thiophene rings is 1. The van der Waals surface area contributed by atoms with Crippen LogP contribution in [-0.4, -0.2) is 44.7 Å². The van der Waals surface area contributed by atoms with Crippen molar-refractivity contribution >= 4 is 43.2 Å². The fraction of sp³-hybridized carbons (Fsp3) is 0.529. The third-order valence-corrected chi connectivity index (χ3v) is 9.12. The van der Waals surface area contributed by atoms with Crippen molar-refractivity contribution in [3.8, 4) is 0 Å². The number of thioether (sulfide) groups is 1. The molecule has 0 spiro atoms. The molecule has 0 amide bonds. The van der Waals surface area contributed by atoms with Crippen molar-refractivity contribution in [1.82, 2.24) is 24.7 Å². The lowest BCUT2D eigenvalue weighted by Crippen LogP contribution is -2.11. The molecule has 11 heteroatoms. The zero-order valence-corrected chi connectivity index (χ0v) is 18.3. The minimum Gasteiger partial charge on any atom is -0.309 e. The lowest BCUT2D eigenvalue weighted by atomic mass is 10.1. The zero-order chi connectivity index (χ0) is 20.1. The number of H-pyrrole nitrogens is 1. The van der Waals surface area contributed by atoms with Gasteiger partial charge in [0.2, 0.25) is 0 Å². The molecule has 1 atom stereocenters. The second-order valence-electron chi connectivity index (χ2n) is 7.20. The van der Waals surface area contributed by atoms with Crippen LogP contribution in [0.4, 0.5) is 0 Å². The van der Waals surface area contributed by atoms with Crippen LogP contribution < -0.4 is 5.56 Å². The lowest BCUT2D eigenvalue weighted by Gasteiger charge is -2.07. The average molecular weight is 440 g/mol. The standard InChI is InChI=1S/C17H21N5O3S3/c1-9-10(2)27-16-14(9)15(23)18-12(19-16)7-26-17-21-20-13(22(17)3)6-11-4-5-28(24,25)8-11/h11H,4-8H2,1-3H3,(H,18,19,23). The maximum absolute atomic E-state index is 12.4. The van der Waals surface area contributed by atoms with Gasteiger partial charge in [0, 0.05) is 18.3 Å². The van der Waals surface area contributed by atoms with E-state index >= 15 is 0 Å². The van der Waals surface area contributed by atoms with Gasteiger partial charge in [0.15, 0.2) is 15.0 Å². The van der Waals surface area contributed by atoms with E-state index in [1.807, 2.05) is 25.5 Å². The fourth-order valence-corrected chi connectivity index (χ4v) is 7.15. The van der Waals surface area contributed by atoms with E-state index in [0.29, 0.717) is 29.8 Å². The van der Waals surface area contributed by atoms with Gasteiger partial charge in [-0.05, 0) is 31.7 Å². The molecular formula is C17H21N5O3S3. The Morgan fingerprint density at radius 1 is 1.32 bits per heavy atom. The molecule has 1 N–H and O–H groups in total. The topological polar surface area (TPSA) is 111 Å². The number of rotatable bonds is 5. The van der Waals surface area contributed by atoms with E-state index in [2.05, 4.69) is 20.2 Å². The van der Waals surface area contributed by atoms with Crippen LogP contribution in [0.25, 0.3) is 10.2 Å². The van der Waals surface area contributed by atoms with Crippen LogP contribution in [0.2, 0.25) is 0 Å². The molecule has 1 fully saturated rings. The molecule has 4 rings (SSSR count). The fourth-order valence-electron chi connectivity index (χ4n) is 3.44. The molecule has 4 heterocycles. The predicted octanol–water partition coefficient (Wildman–Crippen LogP) is 2.00. The summed E-state index contributed by atoms with van der Waals surface area (Å²) in [6, 6.07) is 0. The number of nitrogens with one attached hydrogen (secondary N) is 1. The van der Waals surface area contributed by atoms with Crippen molar-refractivity contribution in [2.75, 3.05) is 11.5 Å². The first kappa shape index (κ1) is 19.6. The Hall–Kier alpha value is -1.72. The Balaban J connectivity index is 1.48. The van der Waals surface area contributed by atoms with Gasteiger partial charge in [-0.3, -0.25) is 4.79 Å². The first-order valence-corrected chi connectivity index (χ1v) is 12.6. The lowest BCUT2D eigenvalue weighted by molar-refractivity contribution is 0.552. The van der Waals surface area contributed by atoms with E-state index < -0.39 is 9.84 Å². The maximum Gasteiger partial charge on any atom is 0.259 e. The Kier molecular flexibility index (Phi) is 5.09. The smallest absolute Gasteiger partial charge is 0.259 e. The number of hydrogen-bond donors (Lipinski definition) is 1. The normalized spacial score (nSPS) is 18.9. The molecule has 3 aromatic heterocycles. The van der Waals surface area contributed by atoms with Crippen molar-refractivity contribution in [3.05, 3.63) is 32.4 Å². The van der Waals surface area contributed by atoms with Crippen LogP contribution in [0.1, 0.15) is 28.5 Å². The van der Waals surface area contributed by atoms with Crippen LogP contribution in [0.3, 0.4) is 0 Å². The summed E-state index contributed by atoms with van der Waals surface area (Å²) in [4.78, 5) is 21.7. The minimum absolute atomic E-state index is 0.108. The van der Waals surface area contributed by atoms with Crippen LogP contribution in [-0.2, 0) is 29.1 Å². The Morgan fingerprint density at radius 3 is 2.82 bits per heavy atom. The minimum atomic E-state index is -2.90. The molecule has 150 valence electrons. The highest BCUT2D eigenvalue weighted by Crippen LogP contribution is 2.27. The SMILES string of the molecule is Cc1sc2nc(CSc3nnc(CC4CCS(=O)(=O)C4)n3C)[nH]c(=O)c2c1C. The molecule has 1 saturated heterocycles. The highest BCUT2D eigenvalue weighted by molar-refractivity contribution is 7.98. The maximum atomic E-state index is 12.4. The van der Waals surface area contributed by atoms with Gasteiger partial charge in [-0.2, -0.15) is 0 Å². The van der Waals surface area contributed by atoms with Gasteiger partial charge in [-0.25, -0.2) is 13.4 Å². The number of nitrogens with zero attached hydrogens (tertiary/aromatic N) is 4. The summed E-state index contributed by atoms with van der Waals surface area (Å²) in [5.41, 5.74) is 0.878. The first-order chi connectivity index (χ1) is 13.2. The Morgan fingerprint density at radius 2 is 2.11 bits per heavy atom. The van der Waals surface area contributed by atoms with Crippen LogP contribution in [0, 0.1) is 19.8 Å². The second-order valence-corrected chi connectivity index (χ2v) is 11.6. The molecule has 0 radical (unpaired) electrons. The van der Waals surface area contributed by atoms with Crippen LogP contribution in [0.5, 0.6) is 0 Å². The van der Waals surface area contributed by atoms with Crippen LogP contribution in [0.15, 0.2) is 9.95 Å². The van der Waals surface area contributed by atoms with E-state index in [1.54, 1.807) is 0 Å². The summed E-state index contributed by atoms with van der Waals surface area (Å²) in [5, 5.41) is 9.84. The van der Waals surface area contributed by atoms with Gasteiger partial charge in [0.05, 0.1) is 22.6 Å². The summed E-state index contributed by atoms with van der Waals surface area (Å²) < 4.78 is 25.2. The molecule has 3 aromatic rings.